The van der Waals surface area contributed by atoms with E-state index in [2.05, 4.69) is 38.2 Å². The Hall–Kier alpha value is -0.930. The first-order valence-electron chi connectivity index (χ1n) is 5.44. The highest BCUT2D eigenvalue weighted by molar-refractivity contribution is 5.23. The zero-order valence-corrected chi connectivity index (χ0v) is 9.58. The van der Waals surface area contributed by atoms with Gasteiger partial charge in [-0.05, 0) is 26.2 Å². The van der Waals surface area contributed by atoms with Crippen molar-refractivity contribution in [2.45, 2.75) is 19.5 Å². The van der Waals surface area contributed by atoms with Crippen LogP contribution in [0, 0.1) is 7.05 Å². The molecule has 0 fully saturated rings. The summed E-state index contributed by atoms with van der Waals surface area (Å²) in [5.74, 6) is 0. The highest BCUT2D eigenvalue weighted by Crippen LogP contribution is 2.10. The third-order valence-electron chi connectivity index (χ3n) is 2.76. The average Bonchev–Trinajstić information content (AvgIpc) is 2.17. The van der Waals surface area contributed by atoms with Gasteiger partial charge in [0.1, 0.15) is 0 Å². The molecule has 1 N–H and O–H groups in total. The van der Waals surface area contributed by atoms with E-state index in [9.17, 15) is 0 Å². The second-order valence-corrected chi connectivity index (χ2v) is 4.57. The molecular formula is C12H19N3. The van der Waals surface area contributed by atoms with Crippen LogP contribution >= 0.6 is 0 Å². The van der Waals surface area contributed by atoms with Crippen LogP contribution in [0.1, 0.15) is 17.0 Å². The summed E-state index contributed by atoms with van der Waals surface area (Å²) in [6, 6.07) is 4.35. The van der Waals surface area contributed by atoms with Crippen LogP contribution in [0.5, 0.6) is 0 Å². The van der Waals surface area contributed by atoms with Crippen molar-refractivity contribution in [2.24, 2.45) is 0 Å². The highest BCUT2D eigenvalue weighted by atomic mass is 15.1. The maximum absolute atomic E-state index is 4.71. The highest BCUT2D eigenvalue weighted by Gasteiger charge is 2.14. The first kappa shape index (κ1) is 10.6. The summed E-state index contributed by atoms with van der Waals surface area (Å²) in [5, 5.41) is 0. The van der Waals surface area contributed by atoms with Gasteiger partial charge in [0.25, 0.3) is 0 Å². The molecule has 3 heteroatoms. The van der Waals surface area contributed by atoms with Crippen molar-refractivity contribution in [3.8, 4) is 0 Å². The van der Waals surface area contributed by atoms with Gasteiger partial charge in [0, 0.05) is 18.5 Å². The number of nitrogens with zero attached hydrogens (tertiary/aromatic N) is 2. The second kappa shape index (κ2) is 4.29. The quantitative estimate of drug-likeness (QED) is 0.679. The van der Waals surface area contributed by atoms with Gasteiger partial charge in [-0.2, -0.15) is 7.05 Å². The Bertz CT molecular complexity index is 347. The van der Waals surface area contributed by atoms with E-state index >= 15 is 0 Å². The first-order valence-corrected chi connectivity index (χ1v) is 5.44. The molecule has 2 heterocycles. The molecule has 1 atom stereocenters. The van der Waals surface area contributed by atoms with Crippen LogP contribution < -0.4 is 4.90 Å². The van der Waals surface area contributed by atoms with Gasteiger partial charge >= 0.3 is 0 Å². The van der Waals surface area contributed by atoms with Crippen LogP contribution in [0.4, 0.5) is 0 Å². The van der Waals surface area contributed by atoms with E-state index in [1.54, 1.807) is 0 Å². The SMILES string of the molecule is [CH2-][NH+]1CCc2nc(CN(C)C)ccc2C1. The molecule has 15 heavy (non-hydrogen) atoms. The molecule has 0 radical (unpaired) electrons. The van der Waals surface area contributed by atoms with Gasteiger partial charge in [0.2, 0.25) is 0 Å². The van der Waals surface area contributed by atoms with Crippen LogP contribution in [0.2, 0.25) is 0 Å². The van der Waals surface area contributed by atoms with Crippen LogP contribution in [0.15, 0.2) is 12.1 Å². The van der Waals surface area contributed by atoms with Gasteiger partial charge in [-0.3, -0.25) is 4.98 Å². The molecule has 82 valence electrons. The molecule has 0 amide bonds. The molecule has 3 nitrogen and oxygen atoms in total. The Labute approximate surface area is 91.7 Å². The summed E-state index contributed by atoms with van der Waals surface area (Å²) in [6.07, 6.45) is 1.06. The molecule has 2 rings (SSSR count). The summed E-state index contributed by atoms with van der Waals surface area (Å²) in [7, 11) is 8.19. The summed E-state index contributed by atoms with van der Waals surface area (Å²) < 4.78 is 0. The third-order valence-corrected chi connectivity index (χ3v) is 2.76. The Morgan fingerprint density at radius 3 is 3.00 bits per heavy atom. The zero-order valence-electron chi connectivity index (χ0n) is 9.58. The van der Waals surface area contributed by atoms with Gasteiger partial charge < -0.3 is 9.80 Å². The van der Waals surface area contributed by atoms with Crippen LogP contribution in [-0.2, 0) is 19.5 Å². The molecule has 1 aliphatic heterocycles. The van der Waals surface area contributed by atoms with Crippen molar-refractivity contribution in [2.75, 3.05) is 20.6 Å². The number of hydrogen-bond donors (Lipinski definition) is 1. The predicted molar refractivity (Wildman–Crippen MR) is 60.2 cm³/mol. The zero-order chi connectivity index (χ0) is 10.8. The number of nitrogens with one attached hydrogen (secondary N) is 1. The lowest BCUT2D eigenvalue weighted by molar-refractivity contribution is -0.870. The van der Waals surface area contributed by atoms with Gasteiger partial charge in [-0.15, -0.1) is 0 Å². The predicted octanol–water partition coefficient (Wildman–Crippen LogP) is -0.124. The first-order chi connectivity index (χ1) is 7.15. The van der Waals surface area contributed by atoms with Crippen LogP contribution in [0.3, 0.4) is 0 Å². The lowest BCUT2D eigenvalue weighted by Gasteiger charge is -2.27. The largest absolute Gasteiger partial charge is 0.464 e. The minimum absolute atomic E-state index is 0.925. The topological polar surface area (TPSA) is 20.6 Å². The molecule has 1 unspecified atom stereocenters. The number of pyridine rings is 1. The van der Waals surface area contributed by atoms with E-state index in [1.807, 2.05) is 0 Å². The van der Waals surface area contributed by atoms with Crippen molar-refractivity contribution in [1.82, 2.24) is 9.88 Å². The van der Waals surface area contributed by atoms with Crippen molar-refractivity contribution in [3.63, 3.8) is 0 Å². The number of quaternary nitrogens is 1. The van der Waals surface area contributed by atoms with Gasteiger partial charge in [-0.1, -0.05) is 0 Å². The molecule has 0 bridgehead atoms. The van der Waals surface area contributed by atoms with Crippen molar-refractivity contribution < 1.29 is 4.90 Å². The van der Waals surface area contributed by atoms with E-state index < -0.39 is 0 Å². The van der Waals surface area contributed by atoms with Crippen LogP contribution in [0.25, 0.3) is 0 Å². The molecule has 1 aromatic rings. The second-order valence-electron chi connectivity index (χ2n) is 4.57. The third kappa shape index (κ3) is 2.55. The van der Waals surface area contributed by atoms with Crippen molar-refractivity contribution >= 4 is 0 Å². The summed E-state index contributed by atoms with van der Waals surface area (Å²) in [6.45, 7) is 3.05. The fourth-order valence-corrected chi connectivity index (χ4v) is 2.02. The lowest BCUT2D eigenvalue weighted by Crippen LogP contribution is -3.06. The Morgan fingerprint density at radius 1 is 1.47 bits per heavy atom. The van der Waals surface area contributed by atoms with E-state index in [0.717, 1.165) is 26.1 Å². The van der Waals surface area contributed by atoms with E-state index in [1.165, 1.54) is 21.9 Å². The standard InChI is InChI=1S/C12H19N3/c1-14(2)9-11-5-4-10-8-15(3)7-6-12(10)13-11/h4-5,15H,3,6-9H2,1-2H3. The maximum Gasteiger partial charge on any atom is 0.0806 e. The summed E-state index contributed by atoms with van der Waals surface area (Å²) in [4.78, 5) is 8.19. The molecule has 0 spiro atoms. The molecular weight excluding hydrogens is 186 g/mol. The Kier molecular flexibility index (Phi) is 3.03. The fourth-order valence-electron chi connectivity index (χ4n) is 2.02. The van der Waals surface area contributed by atoms with E-state index in [-0.39, 0.29) is 0 Å². The molecule has 0 aliphatic carbocycles. The number of fused-ring (bicyclic) bond motifs is 1. The van der Waals surface area contributed by atoms with E-state index in [0.29, 0.717) is 0 Å². The van der Waals surface area contributed by atoms with Crippen molar-refractivity contribution in [3.05, 3.63) is 36.1 Å². The molecule has 1 aliphatic rings. The van der Waals surface area contributed by atoms with Gasteiger partial charge in [0.15, 0.2) is 0 Å². The van der Waals surface area contributed by atoms with Gasteiger partial charge in [0.05, 0.1) is 24.5 Å². The fraction of sp³-hybridized carbons (Fsp3) is 0.500. The lowest BCUT2D eigenvalue weighted by atomic mass is 10.1. The Balaban J connectivity index is 2.19. The minimum Gasteiger partial charge on any atom is -0.464 e. The Morgan fingerprint density at radius 2 is 2.27 bits per heavy atom. The van der Waals surface area contributed by atoms with E-state index in [4.69, 9.17) is 4.98 Å². The van der Waals surface area contributed by atoms with Crippen LogP contribution in [-0.4, -0.2) is 30.5 Å². The van der Waals surface area contributed by atoms with Crippen molar-refractivity contribution in [1.29, 1.82) is 0 Å². The number of hydrogen-bond acceptors (Lipinski definition) is 2. The molecule has 0 saturated carbocycles. The molecule has 1 aromatic heterocycles. The number of rotatable bonds is 2. The maximum atomic E-state index is 4.71. The average molecular weight is 205 g/mol. The molecule has 0 aromatic carbocycles. The monoisotopic (exact) mass is 205 g/mol. The summed E-state index contributed by atoms with van der Waals surface area (Å²) in [5.41, 5.74) is 3.82. The molecule has 0 saturated heterocycles. The normalized spacial score (nSPS) is 20.4. The summed E-state index contributed by atoms with van der Waals surface area (Å²) >= 11 is 0. The smallest absolute Gasteiger partial charge is 0.0806 e. The minimum atomic E-state index is 0.925. The number of aromatic nitrogens is 1. The van der Waals surface area contributed by atoms with Gasteiger partial charge in [-0.25, -0.2) is 0 Å².